The zero-order chi connectivity index (χ0) is 21.1. The Morgan fingerprint density at radius 3 is 2.63 bits per heavy atom. The van der Waals surface area contributed by atoms with Crippen molar-refractivity contribution in [1.82, 2.24) is 15.5 Å². The van der Waals surface area contributed by atoms with E-state index in [-0.39, 0.29) is 30.5 Å². The van der Waals surface area contributed by atoms with Gasteiger partial charge in [-0.25, -0.2) is 4.39 Å². The molecule has 2 heterocycles. The molecule has 0 bridgehead atoms. The number of halogens is 1. The SMILES string of the molecule is CC1CN(c2ccc(CNC(=O)c3cn[nH]c3-c3ccccc3)cc2F)CC(C)O1. The Hall–Kier alpha value is -3.19. The zero-order valence-corrected chi connectivity index (χ0v) is 17.1. The first-order valence-electron chi connectivity index (χ1n) is 10.1. The first-order chi connectivity index (χ1) is 14.5. The van der Waals surface area contributed by atoms with E-state index in [1.165, 1.54) is 12.3 Å². The van der Waals surface area contributed by atoms with E-state index in [1.807, 2.05) is 55.1 Å². The van der Waals surface area contributed by atoms with Gasteiger partial charge in [0.2, 0.25) is 0 Å². The van der Waals surface area contributed by atoms with Crippen molar-refractivity contribution in [3.8, 4) is 11.3 Å². The lowest BCUT2D eigenvalue weighted by Crippen LogP contribution is -2.45. The summed E-state index contributed by atoms with van der Waals surface area (Å²) in [6.07, 6.45) is 1.61. The van der Waals surface area contributed by atoms with Gasteiger partial charge in [-0.2, -0.15) is 5.10 Å². The number of amides is 1. The highest BCUT2D eigenvalue weighted by atomic mass is 19.1. The smallest absolute Gasteiger partial charge is 0.255 e. The molecular weight excluding hydrogens is 383 g/mol. The molecule has 2 N–H and O–H groups in total. The maximum atomic E-state index is 14.8. The third-order valence-electron chi connectivity index (χ3n) is 5.17. The van der Waals surface area contributed by atoms with Crippen molar-refractivity contribution in [2.75, 3.05) is 18.0 Å². The summed E-state index contributed by atoms with van der Waals surface area (Å²) in [6.45, 7) is 5.51. The standard InChI is InChI=1S/C23H25FN4O2/c1-15-13-28(14-16(2)30-15)21-9-8-17(10-20(21)24)11-25-23(29)19-12-26-27-22(19)18-6-4-3-5-7-18/h3-10,12,15-16H,11,13-14H2,1-2H3,(H,25,29)(H,26,27). The van der Waals surface area contributed by atoms with Gasteiger partial charge >= 0.3 is 0 Å². The molecule has 2 unspecified atom stereocenters. The molecular formula is C23H25FN4O2. The molecule has 0 radical (unpaired) electrons. The quantitative estimate of drug-likeness (QED) is 0.674. The molecule has 0 spiro atoms. The maximum absolute atomic E-state index is 14.8. The maximum Gasteiger partial charge on any atom is 0.255 e. The van der Waals surface area contributed by atoms with E-state index in [1.54, 1.807) is 6.07 Å². The number of carbonyl (C=O) groups is 1. The van der Waals surface area contributed by atoms with Gasteiger partial charge in [0.1, 0.15) is 5.82 Å². The zero-order valence-electron chi connectivity index (χ0n) is 17.1. The first kappa shape index (κ1) is 20.1. The number of aromatic amines is 1. The number of hydrogen-bond donors (Lipinski definition) is 2. The molecule has 3 aromatic rings. The molecule has 4 rings (SSSR count). The third kappa shape index (κ3) is 4.36. The van der Waals surface area contributed by atoms with Crippen LogP contribution in [0.1, 0.15) is 29.8 Å². The molecule has 2 atom stereocenters. The van der Waals surface area contributed by atoms with Crippen LogP contribution in [-0.4, -0.2) is 41.4 Å². The van der Waals surface area contributed by atoms with Gasteiger partial charge < -0.3 is 15.0 Å². The summed E-state index contributed by atoms with van der Waals surface area (Å²) in [4.78, 5) is 14.7. The highest BCUT2D eigenvalue weighted by molar-refractivity contribution is 5.99. The topological polar surface area (TPSA) is 70.2 Å². The number of benzene rings is 2. The van der Waals surface area contributed by atoms with Crippen LogP contribution in [-0.2, 0) is 11.3 Å². The predicted molar refractivity (Wildman–Crippen MR) is 114 cm³/mol. The Kier molecular flexibility index (Phi) is 5.81. The monoisotopic (exact) mass is 408 g/mol. The van der Waals surface area contributed by atoms with Crippen LogP contribution in [0.4, 0.5) is 10.1 Å². The van der Waals surface area contributed by atoms with Crippen molar-refractivity contribution in [1.29, 1.82) is 0 Å². The van der Waals surface area contributed by atoms with Gasteiger partial charge in [-0.05, 0) is 31.5 Å². The molecule has 2 aromatic carbocycles. The molecule has 1 aliphatic rings. The Morgan fingerprint density at radius 2 is 1.93 bits per heavy atom. The average Bonchev–Trinajstić information content (AvgIpc) is 3.22. The number of anilines is 1. The minimum Gasteiger partial charge on any atom is -0.372 e. The molecule has 1 amide bonds. The Morgan fingerprint density at radius 1 is 1.20 bits per heavy atom. The van der Waals surface area contributed by atoms with Gasteiger partial charge in [-0.3, -0.25) is 9.89 Å². The van der Waals surface area contributed by atoms with Crippen molar-refractivity contribution in [2.24, 2.45) is 0 Å². The van der Waals surface area contributed by atoms with Crippen molar-refractivity contribution in [2.45, 2.75) is 32.6 Å². The van der Waals surface area contributed by atoms with Gasteiger partial charge in [0.15, 0.2) is 0 Å². The minimum atomic E-state index is -0.295. The summed E-state index contributed by atoms with van der Waals surface area (Å²) >= 11 is 0. The molecule has 30 heavy (non-hydrogen) atoms. The molecule has 0 aliphatic carbocycles. The number of carbonyl (C=O) groups excluding carboxylic acids is 1. The average molecular weight is 408 g/mol. The number of aromatic nitrogens is 2. The second kappa shape index (κ2) is 8.67. The number of nitrogens with zero attached hydrogens (tertiary/aromatic N) is 2. The van der Waals surface area contributed by atoms with Crippen LogP contribution in [0.5, 0.6) is 0 Å². The summed E-state index contributed by atoms with van der Waals surface area (Å²) in [5.41, 5.74) is 3.25. The van der Waals surface area contributed by atoms with Crippen molar-refractivity contribution in [3.63, 3.8) is 0 Å². The third-order valence-corrected chi connectivity index (χ3v) is 5.17. The lowest BCUT2D eigenvalue weighted by atomic mass is 10.1. The van der Waals surface area contributed by atoms with Crippen LogP contribution in [0.2, 0.25) is 0 Å². The summed E-state index contributed by atoms with van der Waals surface area (Å²) in [5.74, 6) is -0.556. The fourth-order valence-electron chi connectivity index (χ4n) is 3.85. The van der Waals surface area contributed by atoms with E-state index in [2.05, 4.69) is 15.5 Å². The summed E-state index contributed by atoms with van der Waals surface area (Å²) < 4.78 is 20.5. The second-order valence-corrected chi connectivity index (χ2v) is 7.66. The van der Waals surface area contributed by atoms with Crippen molar-refractivity contribution in [3.05, 3.63) is 71.7 Å². The van der Waals surface area contributed by atoms with E-state index in [0.717, 1.165) is 5.56 Å². The van der Waals surface area contributed by atoms with Crippen LogP contribution in [0.25, 0.3) is 11.3 Å². The Bertz CT molecular complexity index is 1010. The lowest BCUT2D eigenvalue weighted by molar-refractivity contribution is -0.00539. The largest absolute Gasteiger partial charge is 0.372 e. The highest BCUT2D eigenvalue weighted by Crippen LogP contribution is 2.25. The predicted octanol–water partition coefficient (Wildman–Crippen LogP) is 3.76. The van der Waals surface area contributed by atoms with Crippen LogP contribution < -0.4 is 10.2 Å². The molecule has 1 saturated heterocycles. The van der Waals surface area contributed by atoms with Crippen LogP contribution in [0.3, 0.4) is 0 Å². The molecule has 7 heteroatoms. The molecule has 1 aliphatic heterocycles. The highest BCUT2D eigenvalue weighted by Gasteiger charge is 2.24. The van der Waals surface area contributed by atoms with E-state index in [0.29, 0.717) is 35.6 Å². The van der Waals surface area contributed by atoms with Gasteiger partial charge in [0.25, 0.3) is 5.91 Å². The van der Waals surface area contributed by atoms with E-state index < -0.39 is 0 Å². The normalized spacial score (nSPS) is 19.0. The lowest BCUT2D eigenvalue weighted by Gasteiger charge is -2.37. The van der Waals surface area contributed by atoms with E-state index >= 15 is 0 Å². The van der Waals surface area contributed by atoms with E-state index in [9.17, 15) is 9.18 Å². The minimum absolute atomic E-state index is 0.0564. The van der Waals surface area contributed by atoms with Gasteiger partial charge in [-0.15, -0.1) is 0 Å². The molecule has 6 nitrogen and oxygen atoms in total. The molecule has 1 fully saturated rings. The number of nitrogens with one attached hydrogen (secondary N) is 2. The molecule has 1 aromatic heterocycles. The Balaban J connectivity index is 1.43. The van der Waals surface area contributed by atoms with Crippen LogP contribution in [0.15, 0.2) is 54.7 Å². The number of ether oxygens (including phenoxy) is 1. The Labute approximate surface area is 175 Å². The number of rotatable bonds is 5. The summed E-state index contributed by atoms with van der Waals surface area (Å²) in [5, 5.41) is 9.73. The van der Waals surface area contributed by atoms with Gasteiger partial charge in [-0.1, -0.05) is 36.4 Å². The number of morpholine rings is 1. The van der Waals surface area contributed by atoms with Crippen LogP contribution in [0, 0.1) is 5.82 Å². The van der Waals surface area contributed by atoms with Gasteiger partial charge in [0, 0.05) is 25.2 Å². The number of hydrogen-bond acceptors (Lipinski definition) is 4. The second-order valence-electron chi connectivity index (χ2n) is 7.66. The van der Waals surface area contributed by atoms with Crippen molar-refractivity contribution < 1.29 is 13.9 Å². The molecule has 156 valence electrons. The van der Waals surface area contributed by atoms with Crippen LogP contribution >= 0.6 is 0 Å². The van der Waals surface area contributed by atoms with Gasteiger partial charge in [0.05, 0.1) is 35.3 Å². The first-order valence-corrected chi connectivity index (χ1v) is 10.1. The van der Waals surface area contributed by atoms with E-state index in [4.69, 9.17) is 4.74 Å². The van der Waals surface area contributed by atoms with Crippen molar-refractivity contribution >= 4 is 11.6 Å². The number of H-pyrrole nitrogens is 1. The molecule has 0 saturated carbocycles. The summed E-state index contributed by atoms with van der Waals surface area (Å²) in [6, 6.07) is 14.6. The fourth-order valence-corrected chi connectivity index (χ4v) is 3.85. The summed E-state index contributed by atoms with van der Waals surface area (Å²) in [7, 11) is 0. The fraction of sp³-hybridized carbons (Fsp3) is 0.304.